The molecule has 0 bridgehead atoms. The van der Waals surface area contributed by atoms with Gasteiger partial charge in [0.25, 0.3) is 0 Å². The molecule has 3 N–H and O–H groups in total. The van der Waals surface area contributed by atoms with E-state index in [0.717, 1.165) is 21.1 Å². The number of ether oxygens (including phenoxy) is 1. The van der Waals surface area contributed by atoms with Gasteiger partial charge in [-0.25, -0.2) is 4.98 Å². The van der Waals surface area contributed by atoms with E-state index in [2.05, 4.69) is 10.3 Å². The summed E-state index contributed by atoms with van der Waals surface area (Å²) in [6.07, 6.45) is 0.305. The molecule has 1 amide bonds. The number of nitrogens with zero attached hydrogens (tertiary/aromatic N) is 1. The second kappa shape index (κ2) is 5.01. The molecule has 0 aliphatic heterocycles. The van der Waals surface area contributed by atoms with Crippen LogP contribution in [-0.2, 0) is 4.79 Å². The fourth-order valence-electron chi connectivity index (χ4n) is 1.40. The van der Waals surface area contributed by atoms with Crippen LogP contribution in [0.25, 0.3) is 10.2 Å². The summed E-state index contributed by atoms with van der Waals surface area (Å²) in [4.78, 5) is 15.0. The van der Waals surface area contributed by atoms with Gasteiger partial charge in [-0.3, -0.25) is 4.79 Å². The number of hydrogen-bond acceptors (Lipinski definition) is 5. The number of rotatable bonds is 5. The number of benzene rings is 1. The number of nitrogens with two attached hydrogens (primary N) is 1. The number of nitrogens with one attached hydrogen (secondary N) is 1. The van der Waals surface area contributed by atoms with Crippen molar-refractivity contribution in [2.75, 3.05) is 19.0 Å². The smallest absolute Gasteiger partial charge is 0.219 e. The molecule has 17 heavy (non-hydrogen) atoms. The number of carbonyl (C=O) groups is 1. The highest BCUT2D eigenvalue weighted by atomic mass is 32.1. The summed E-state index contributed by atoms with van der Waals surface area (Å²) in [5, 5.41) is 3.86. The molecule has 1 aromatic carbocycles. The lowest BCUT2D eigenvalue weighted by Gasteiger charge is -1.97. The highest BCUT2D eigenvalue weighted by Crippen LogP contribution is 2.28. The Balaban J connectivity index is 2.11. The van der Waals surface area contributed by atoms with Crippen molar-refractivity contribution in [2.24, 2.45) is 5.73 Å². The molecule has 0 unspecified atom stereocenters. The Bertz CT molecular complexity index is 538. The van der Waals surface area contributed by atoms with Gasteiger partial charge in [0.2, 0.25) is 5.91 Å². The van der Waals surface area contributed by atoms with Crippen molar-refractivity contribution in [1.82, 2.24) is 4.98 Å². The summed E-state index contributed by atoms with van der Waals surface area (Å²) in [6, 6.07) is 5.71. The first-order valence-electron chi connectivity index (χ1n) is 5.16. The molecule has 2 aromatic rings. The number of hydrogen-bond donors (Lipinski definition) is 2. The Morgan fingerprint density at radius 3 is 3.12 bits per heavy atom. The van der Waals surface area contributed by atoms with Crippen LogP contribution in [0.1, 0.15) is 6.42 Å². The first kappa shape index (κ1) is 11.7. The molecule has 0 fully saturated rings. The standard InChI is InChI=1S/C11H13N3O2S/c1-16-7-2-3-8-9(6-7)17-11(14-8)13-5-4-10(12)15/h2-3,6H,4-5H2,1H3,(H2,12,15)(H,13,14). The number of primary amides is 1. The molecule has 6 heteroatoms. The van der Waals surface area contributed by atoms with Crippen LogP contribution in [0.3, 0.4) is 0 Å². The maximum absolute atomic E-state index is 10.6. The third kappa shape index (κ3) is 2.85. The number of amides is 1. The largest absolute Gasteiger partial charge is 0.497 e. The van der Waals surface area contributed by atoms with Crippen LogP contribution in [0, 0.1) is 0 Å². The van der Waals surface area contributed by atoms with Crippen LogP contribution in [-0.4, -0.2) is 24.5 Å². The fourth-order valence-corrected chi connectivity index (χ4v) is 2.32. The Morgan fingerprint density at radius 2 is 2.41 bits per heavy atom. The minimum atomic E-state index is -0.319. The summed E-state index contributed by atoms with van der Waals surface area (Å²) in [6.45, 7) is 0.506. The Morgan fingerprint density at radius 1 is 1.59 bits per heavy atom. The molecule has 0 aliphatic carbocycles. The molecule has 1 aromatic heterocycles. The van der Waals surface area contributed by atoms with Crippen LogP contribution >= 0.6 is 11.3 Å². The van der Waals surface area contributed by atoms with Gasteiger partial charge < -0.3 is 15.8 Å². The average molecular weight is 251 g/mol. The average Bonchev–Trinajstić information content (AvgIpc) is 2.69. The van der Waals surface area contributed by atoms with Crippen molar-refractivity contribution in [3.05, 3.63) is 18.2 Å². The molecule has 90 valence electrons. The van der Waals surface area contributed by atoms with E-state index in [1.807, 2.05) is 18.2 Å². The van der Waals surface area contributed by atoms with Crippen molar-refractivity contribution in [1.29, 1.82) is 0 Å². The number of anilines is 1. The van der Waals surface area contributed by atoms with E-state index >= 15 is 0 Å². The van der Waals surface area contributed by atoms with Gasteiger partial charge in [0.15, 0.2) is 5.13 Å². The molecule has 5 nitrogen and oxygen atoms in total. The van der Waals surface area contributed by atoms with Crippen molar-refractivity contribution in [3.63, 3.8) is 0 Å². The maximum Gasteiger partial charge on any atom is 0.219 e. The summed E-state index contributed by atoms with van der Waals surface area (Å²) >= 11 is 1.52. The zero-order valence-electron chi connectivity index (χ0n) is 9.40. The number of methoxy groups -OCH3 is 1. The third-order valence-corrected chi connectivity index (χ3v) is 3.22. The van der Waals surface area contributed by atoms with E-state index in [0.29, 0.717) is 13.0 Å². The molecule has 0 spiro atoms. The van der Waals surface area contributed by atoms with E-state index in [1.54, 1.807) is 7.11 Å². The van der Waals surface area contributed by atoms with Crippen LogP contribution in [0.2, 0.25) is 0 Å². The molecule has 0 saturated carbocycles. The summed E-state index contributed by atoms with van der Waals surface area (Å²) in [5.41, 5.74) is 5.97. The first-order chi connectivity index (χ1) is 8.19. The molecular formula is C11H13N3O2S. The number of fused-ring (bicyclic) bond motifs is 1. The topological polar surface area (TPSA) is 77.2 Å². The van der Waals surface area contributed by atoms with E-state index in [-0.39, 0.29) is 5.91 Å². The van der Waals surface area contributed by atoms with Crippen LogP contribution < -0.4 is 15.8 Å². The lowest BCUT2D eigenvalue weighted by Crippen LogP contribution is -2.15. The Hall–Kier alpha value is -1.82. The quantitative estimate of drug-likeness (QED) is 0.846. The van der Waals surface area contributed by atoms with Gasteiger partial charge in [-0.1, -0.05) is 11.3 Å². The Kier molecular flexibility index (Phi) is 3.43. The van der Waals surface area contributed by atoms with Crippen molar-refractivity contribution < 1.29 is 9.53 Å². The van der Waals surface area contributed by atoms with Gasteiger partial charge in [-0.15, -0.1) is 0 Å². The number of carbonyl (C=O) groups excluding carboxylic acids is 1. The van der Waals surface area contributed by atoms with E-state index in [1.165, 1.54) is 11.3 Å². The monoisotopic (exact) mass is 251 g/mol. The fraction of sp³-hybridized carbons (Fsp3) is 0.273. The molecule has 1 heterocycles. The molecule has 0 aliphatic rings. The van der Waals surface area contributed by atoms with Crippen LogP contribution in [0.15, 0.2) is 18.2 Å². The summed E-state index contributed by atoms with van der Waals surface area (Å²) in [5.74, 6) is 0.491. The molecule has 0 saturated heterocycles. The van der Waals surface area contributed by atoms with Gasteiger partial charge in [-0.2, -0.15) is 0 Å². The van der Waals surface area contributed by atoms with Gasteiger partial charge in [0.1, 0.15) is 5.75 Å². The highest BCUT2D eigenvalue weighted by Gasteiger charge is 2.04. The van der Waals surface area contributed by atoms with Gasteiger partial charge in [0, 0.05) is 13.0 Å². The summed E-state index contributed by atoms with van der Waals surface area (Å²) in [7, 11) is 1.63. The SMILES string of the molecule is COc1ccc2nc(NCCC(N)=O)sc2c1. The number of aromatic nitrogens is 1. The van der Waals surface area contributed by atoms with E-state index in [9.17, 15) is 4.79 Å². The van der Waals surface area contributed by atoms with Crippen molar-refractivity contribution in [2.45, 2.75) is 6.42 Å². The van der Waals surface area contributed by atoms with E-state index in [4.69, 9.17) is 10.5 Å². The molecule has 2 rings (SSSR count). The minimum Gasteiger partial charge on any atom is -0.497 e. The van der Waals surface area contributed by atoms with Crippen molar-refractivity contribution in [3.8, 4) is 5.75 Å². The van der Waals surface area contributed by atoms with Crippen LogP contribution in [0.5, 0.6) is 5.75 Å². The molecular weight excluding hydrogens is 238 g/mol. The lowest BCUT2D eigenvalue weighted by atomic mass is 10.3. The Labute approximate surface area is 103 Å². The molecule has 0 atom stereocenters. The number of thiazole rings is 1. The molecule has 0 radical (unpaired) electrons. The zero-order chi connectivity index (χ0) is 12.3. The zero-order valence-corrected chi connectivity index (χ0v) is 10.2. The second-order valence-electron chi connectivity index (χ2n) is 3.50. The predicted molar refractivity (Wildman–Crippen MR) is 68.5 cm³/mol. The van der Waals surface area contributed by atoms with Gasteiger partial charge in [0.05, 0.1) is 17.3 Å². The van der Waals surface area contributed by atoms with Gasteiger partial charge in [-0.05, 0) is 18.2 Å². The third-order valence-electron chi connectivity index (χ3n) is 2.24. The predicted octanol–water partition coefficient (Wildman–Crippen LogP) is 1.59. The second-order valence-corrected chi connectivity index (χ2v) is 4.53. The van der Waals surface area contributed by atoms with E-state index < -0.39 is 0 Å². The maximum atomic E-state index is 10.6. The van der Waals surface area contributed by atoms with Gasteiger partial charge >= 0.3 is 0 Å². The lowest BCUT2D eigenvalue weighted by molar-refractivity contribution is -0.117. The van der Waals surface area contributed by atoms with Crippen molar-refractivity contribution >= 4 is 32.6 Å². The summed E-state index contributed by atoms with van der Waals surface area (Å²) < 4.78 is 6.19. The normalized spacial score (nSPS) is 10.4. The first-order valence-corrected chi connectivity index (χ1v) is 5.97. The van der Waals surface area contributed by atoms with Crippen LogP contribution in [0.4, 0.5) is 5.13 Å². The highest BCUT2D eigenvalue weighted by molar-refractivity contribution is 7.22. The minimum absolute atomic E-state index is 0.305.